The Labute approximate surface area is 104 Å². The van der Waals surface area contributed by atoms with Gasteiger partial charge in [0.2, 0.25) is 0 Å². The molecule has 1 aromatic carbocycles. The monoisotopic (exact) mass is 228 g/mol. The van der Waals surface area contributed by atoms with Gasteiger partial charge in [0.05, 0.1) is 6.07 Å². The van der Waals surface area contributed by atoms with Gasteiger partial charge in [-0.05, 0) is 16.5 Å². The number of nitrogens with zero attached hydrogens (tertiary/aromatic N) is 1. The molecule has 0 saturated carbocycles. The molecule has 0 aliphatic carbocycles. The van der Waals surface area contributed by atoms with Gasteiger partial charge >= 0.3 is 0 Å². The van der Waals surface area contributed by atoms with E-state index in [1.807, 2.05) is 12.1 Å². The molecule has 1 aromatic rings. The standard InChI is InChI=1S/C15H20N2/c1-5-10-17-14(11-16)12-6-8-13(9-7-12)15(2,3)4/h5-9,14,17H,1,10H2,2-4H3/t14-/m1/s1. The summed E-state index contributed by atoms with van der Waals surface area (Å²) in [4.78, 5) is 0. The van der Waals surface area contributed by atoms with Gasteiger partial charge in [0.1, 0.15) is 6.04 Å². The maximum absolute atomic E-state index is 9.09. The highest BCUT2D eigenvalue weighted by molar-refractivity contribution is 5.31. The van der Waals surface area contributed by atoms with E-state index < -0.39 is 0 Å². The van der Waals surface area contributed by atoms with Gasteiger partial charge in [0.25, 0.3) is 0 Å². The summed E-state index contributed by atoms with van der Waals surface area (Å²) in [6.07, 6.45) is 1.76. The summed E-state index contributed by atoms with van der Waals surface area (Å²) in [5, 5.41) is 12.2. The molecule has 0 aliphatic heterocycles. The van der Waals surface area contributed by atoms with Crippen molar-refractivity contribution in [1.29, 1.82) is 5.26 Å². The van der Waals surface area contributed by atoms with Crippen LogP contribution < -0.4 is 5.32 Å². The van der Waals surface area contributed by atoms with Crippen LogP contribution in [0.2, 0.25) is 0 Å². The zero-order valence-electron chi connectivity index (χ0n) is 10.8. The van der Waals surface area contributed by atoms with Crippen LogP contribution in [0, 0.1) is 11.3 Å². The Bertz CT molecular complexity index is 404. The minimum Gasteiger partial charge on any atom is -0.295 e. The Morgan fingerprint density at radius 2 is 1.94 bits per heavy atom. The fourth-order valence-corrected chi connectivity index (χ4v) is 1.61. The van der Waals surface area contributed by atoms with Crippen LogP contribution in [-0.2, 0) is 5.41 Å². The van der Waals surface area contributed by atoms with Gasteiger partial charge in [-0.15, -0.1) is 6.58 Å². The average molecular weight is 228 g/mol. The summed E-state index contributed by atoms with van der Waals surface area (Å²) in [5.41, 5.74) is 2.43. The molecule has 0 fully saturated rings. The number of hydrogen-bond donors (Lipinski definition) is 1. The van der Waals surface area contributed by atoms with Gasteiger partial charge in [-0.3, -0.25) is 5.32 Å². The van der Waals surface area contributed by atoms with E-state index in [4.69, 9.17) is 5.26 Å². The highest BCUT2D eigenvalue weighted by atomic mass is 14.9. The van der Waals surface area contributed by atoms with Crippen LogP contribution in [0.25, 0.3) is 0 Å². The largest absolute Gasteiger partial charge is 0.295 e. The van der Waals surface area contributed by atoms with Crippen molar-refractivity contribution in [2.75, 3.05) is 6.54 Å². The van der Waals surface area contributed by atoms with Gasteiger partial charge in [-0.25, -0.2) is 0 Å². The van der Waals surface area contributed by atoms with Crippen molar-refractivity contribution in [3.05, 3.63) is 48.0 Å². The molecule has 2 heteroatoms. The molecule has 17 heavy (non-hydrogen) atoms. The first-order chi connectivity index (χ1) is 7.99. The molecule has 1 N–H and O–H groups in total. The van der Waals surface area contributed by atoms with Gasteiger partial charge in [-0.2, -0.15) is 5.26 Å². The van der Waals surface area contributed by atoms with E-state index in [0.29, 0.717) is 6.54 Å². The lowest BCUT2D eigenvalue weighted by molar-refractivity contribution is 0.589. The van der Waals surface area contributed by atoms with Crippen molar-refractivity contribution in [3.8, 4) is 6.07 Å². The summed E-state index contributed by atoms with van der Waals surface area (Å²) in [5.74, 6) is 0. The predicted octanol–water partition coefficient (Wildman–Crippen LogP) is 3.32. The lowest BCUT2D eigenvalue weighted by atomic mass is 9.86. The molecule has 90 valence electrons. The molecular weight excluding hydrogens is 208 g/mol. The third kappa shape index (κ3) is 3.72. The Morgan fingerprint density at radius 1 is 1.35 bits per heavy atom. The van der Waals surface area contributed by atoms with Crippen LogP contribution >= 0.6 is 0 Å². The number of nitrogens with one attached hydrogen (secondary N) is 1. The molecule has 0 saturated heterocycles. The van der Waals surface area contributed by atoms with Crippen LogP contribution in [0.1, 0.15) is 37.9 Å². The predicted molar refractivity (Wildman–Crippen MR) is 71.7 cm³/mol. The van der Waals surface area contributed by atoms with E-state index in [2.05, 4.69) is 50.9 Å². The van der Waals surface area contributed by atoms with E-state index in [1.165, 1.54) is 5.56 Å². The van der Waals surface area contributed by atoms with Gasteiger partial charge in [0, 0.05) is 6.54 Å². The van der Waals surface area contributed by atoms with E-state index >= 15 is 0 Å². The number of nitriles is 1. The second kappa shape index (κ2) is 5.65. The van der Waals surface area contributed by atoms with E-state index in [9.17, 15) is 0 Å². The summed E-state index contributed by atoms with van der Waals surface area (Å²) >= 11 is 0. The van der Waals surface area contributed by atoms with Crippen LogP contribution in [0.5, 0.6) is 0 Å². The third-order valence-corrected chi connectivity index (χ3v) is 2.71. The first-order valence-electron chi connectivity index (χ1n) is 5.83. The van der Waals surface area contributed by atoms with E-state index in [1.54, 1.807) is 6.08 Å². The third-order valence-electron chi connectivity index (χ3n) is 2.71. The summed E-state index contributed by atoms with van der Waals surface area (Å²) in [7, 11) is 0. The zero-order chi connectivity index (χ0) is 12.9. The Morgan fingerprint density at radius 3 is 2.35 bits per heavy atom. The van der Waals surface area contributed by atoms with Crippen molar-refractivity contribution < 1.29 is 0 Å². The molecule has 0 bridgehead atoms. The van der Waals surface area contributed by atoms with Crippen molar-refractivity contribution in [2.45, 2.75) is 32.2 Å². The second-order valence-electron chi connectivity index (χ2n) is 5.13. The molecule has 2 nitrogen and oxygen atoms in total. The van der Waals surface area contributed by atoms with Gasteiger partial charge < -0.3 is 0 Å². The summed E-state index contributed by atoms with van der Waals surface area (Å²) in [6, 6.07) is 10.2. The molecule has 0 spiro atoms. The average Bonchev–Trinajstić information content (AvgIpc) is 2.29. The lowest BCUT2D eigenvalue weighted by Crippen LogP contribution is -2.20. The smallest absolute Gasteiger partial charge is 0.121 e. The molecular formula is C15H20N2. The minimum atomic E-state index is -0.262. The van der Waals surface area contributed by atoms with Crippen LogP contribution in [0.3, 0.4) is 0 Å². The molecule has 0 heterocycles. The zero-order valence-corrected chi connectivity index (χ0v) is 10.8. The molecule has 1 atom stereocenters. The number of hydrogen-bond acceptors (Lipinski definition) is 2. The quantitative estimate of drug-likeness (QED) is 0.802. The fourth-order valence-electron chi connectivity index (χ4n) is 1.61. The summed E-state index contributed by atoms with van der Waals surface area (Å²) in [6.45, 7) is 10.8. The summed E-state index contributed by atoms with van der Waals surface area (Å²) < 4.78 is 0. The second-order valence-corrected chi connectivity index (χ2v) is 5.13. The Kier molecular flexibility index (Phi) is 4.48. The molecule has 0 unspecified atom stereocenters. The van der Waals surface area contributed by atoms with Crippen molar-refractivity contribution in [1.82, 2.24) is 5.32 Å². The Balaban J connectivity index is 2.86. The Hall–Kier alpha value is -1.59. The molecule has 0 radical (unpaired) electrons. The maximum Gasteiger partial charge on any atom is 0.121 e. The molecule has 0 amide bonds. The fraction of sp³-hybridized carbons (Fsp3) is 0.400. The maximum atomic E-state index is 9.09. The first-order valence-corrected chi connectivity index (χ1v) is 5.83. The molecule has 0 aliphatic rings. The normalized spacial score (nSPS) is 12.8. The minimum absolute atomic E-state index is 0.148. The van der Waals surface area contributed by atoms with Crippen LogP contribution in [0.15, 0.2) is 36.9 Å². The molecule has 1 rings (SSSR count). The van der Waals surface area contributed by atoms with E-state index in [-0.39, 0.29) is 11.5 Å². The molecule has 0 aromatic heterocycles. The van der Waals surface area contributed by atoms with E-state index in [0.717, 1.165) is 5.56 Å². The van der Waals surface area contributed by atoms with Crippen LogP contribution in [0.4, 0.5) is 0 Å². The first kappa shape index (κ1) is 13.5. The van der Waals surface area contributed by atoms with Crippen molar-refractivity contribution in [2.24, 2.45) is 0 Å². The van der Waals surface area contributed by atoms with Crippen molar-refractivity contribution in [3.63, 3.8) is 0 Å². The SMILES string of the molecule is C=CCN[C@H](C#N)c1ccc(C(C)(C)C)cc1. The van der Waals surface area contributed by atoms with Gasteiger partial charge in [0.15, 0.2) is 0 Å². The van der Waals surface area contributed by atoms with Gasteiger partial charge in [-0.1, -0.05) is 51.1 Å². The highest BCUT2D eigenvalue weighted by Gasteiger charge is 2.14. The topological polar surface area (TPSA) is 35.8 Å². The lowest BCUT2D eigenvalue weighted by Gasteiger charge is -2.20. The number of rotatable bonds is 4. The van der Waals surface area contributed by atoms with Crippen molar-refractivity contribution >= 4 is 0 Å². The number of benzene rings is 1. The van der Waals surface area contributed by atoms with Crippen LogP contribution in [-0.4, -0.2) is 6.54 Å². The highest BCUT2D eigenvalue weighted by Crippen LogP contribution is 2.23.